The van der Waals surface area contributed by atoms with Crippen molar-refractivity contribution in [2.45, 2.75) is 47.1 Å². The maximum absolute atomic E-state index is 8.32. The first-order valence-electron chi connectivity index (χ1n) is 13.3. The van der Waals surface area contributed by atoms with E-state index in [4.69, 9.17) is 10.1 Å². The lowest BCUT2D eigenvalue weighted by Gasteiger charge is -2.24. The SMILES string of the molecule is CC.COC1=C(C)C(C)=CCC(C(C=N)N/C(=C(\C)c2ccc(N(C)C)cc2)c2ccc(N(C)C)cc2)=C1. The molecule has 1 aliphatic rings. The fraction of sp³-hybridized carbons (Fsp3) is 0.364. The summed E-state index contributed by atoms with van der Waals surface area (Å²) >= 11 is 0. The Labute approximate surface area is 230 Å². The number of hydrogen-bond acceptors (Lipinski definition) is 5. The fourth-order valence-electron chi connectivity index (χ4n) is 4.27. The Morgan fingerprint density at radius 2 is 1.39 bits per heavy atom. The van der Waals surface area contributed by atoms with Crippen molar-refractivity contribution in [3.8, 4) is 0 Å². The van der Waals surface area contributed by atoms with Crippen molar-refractivity contribution in [1.29, 1.82) is 5.41 Å². The van der Waals surface area contributed by atoms with Crippen LogP contribution in [0.25, 0.3) is 11.3 Å². The van der Waals surface area contributed by atoms with Gasteiger partial charge in [0.2, 0.25) is 0 Å². The molecule has 0 radical (unpaired) electrons. The Morgan fingerprint density at radius 1 is 0.895 bits per heavy atom. The summed E-state index contributed by atoms with van der Waals surface area (Å²) in [5.74, 6) is 0.849. The first kappa shape index (κ1) is 30.5. The van der Waals surface area contributed by atoms with Crippen molar-refractivity contribution < 1.29 is 4.74 Å². The number of nitrogens with one attached hydrogen (secondary N) is 2. The summed E-state index contributed by atoms with van der Waals surface area (Å²) in [5.41, 5.74) is 10.1. The summed E-state index contributed by atoms with van der Waals surface area (Å²) in [6.07, 6.45) is 6.54. The van der Waals surface area contributed by atoms with Crippen LogP contribution in [0.1, 0.15) is 52.2 Å². The van der Waals surface area contributed by atoms with Crippen molar-refractivity contribution in [2.75, 3.05) is 45.1 Å². The first-order chi connectivity index (χ1) is 18.2. The third-order valence-electron chi connectivity index (χ3n) is 6.87. The molecule has 5 nitrogen and oxygen atoms in total. The lowest BCUT2D eigenvalue weighted by atomic mass is 9.97. The molecule has 0 bridgehead atoms. The number of anilines is 2. The molecule has 1 unspecified atom stereocenters. The Kier molecular flexibility index (Phi) is 11.5. The monoisotopic (exact) mass is 514 g/mol. The number of rotatable bonds is 9. The first-order valence-corrected chi connectivity index (χ1v) is 13.3. The lowest BCUT2D eigenvalue weighted by Crippen LogP contribution is -2.31. The van der Waals surface area contributed by atoms with Gasteiger partial charge in [0.1, 0.15) is 5.76 Å². The van der Waals surface area contributed by atoms with Gasteiger partial charge in [-0.25, -0.2) is 0 Å². The second-order valence-electron chi connectivity index (χ2n) is 9.68. The quantitative estimate of drug-likeness (QED) is 0.268. The van der Waals surface area contributed by atoms with E-state index in [2.05, 4.69) is 96.6 Å². The molecule has 0 fully saturated rings. The number of ether oxygens (including phenoxy) is 1. The molecule has 1 aliphatic carbocycles. The topological polar surface area (TPSA) is 51.6 Å². The highest BCUT2D eigenvalue weighted by Crippen LogP contribution is 2.30. The van der Waals surface area contributed by atoms with E-state index >= 15 is 0 Å². The normalized spacial score (nSPS) is 14.6. The number of allylic oxidation sites excluding steroid dienone is 5. The number of hydrogen-bond donors (Lipinski definition) is 2. The number of methoxy groups -OCH3 is 1. The Morgan fingerprint density at radius 3 is 1.84 bits per heavy atom. The van der Waals surface area contributed by atoms with Gasteiger partial charge in [-0.2, -0.15) is 0 Å². The summed E-state index contributed by atoms with van der Waals surface area (Å²) in [7, 11) is 9.89. The molecule has 1 atom stereocenters. The van der Waals surface area contributed by atoms with Crippen LogP contribution in [0.15, 0.2) is 83.2 Å². The van der Waals surface area contributed by atoms with Gasteiger partial charge in [-0.1, -0.05) is 44.2 Å². The van der Waals surface area contributed by atoms with E-state index in [1.54, 1.807) is 7.11 Å². The van der Waals surface area contributed by atoms with Crippen LogP contribution in [-0.2, 0) is 4.74 Å². The van der Waals surface area contributed by atoms with Gasteiger partial charge in [0.25, 0.3) is 0 Å². The molecule has 38 heavy (non-hydrogen) atoms. The van der Waals surface area contributed by atoms with Gasteiger partial charge in [0, 0.05) is 51.5 Å². The van der Waals surface area contributed by atoms with Gasteiger partial charge in [0.15, 0.2) is 0 Å². The molecule has 0 amide bonds. The zero-order chi connectivity index (χ0) is 28.4. The molecule has 0 heterocycles. The Balaban J connectivity index is 0.00000247. The molecule has 204 valence electrons. The fourth-order valence-corrected chi connectivity index (χ4v) is 4.27. The maximum Gasteiger partial charge on any atom is 0.122 e. The number of benzene rings is 2. The van der Waals surface area contributed by atoms with Crippen LogP contribution in [0.2, 0.25) is 0 Å². The second-order valence-corrected chi connectivity index (χ2v) is 9.68. The van der Waals surface area contributed by atoms with Crippen LogP contribution in [0.5, 0.6) is 0 Å². The molecule has 2 aromatic carbocycles. The van der Waals surface area contributed by atoms with Crippen LogP contribution in [-0.4, -0.2) is 47.6 Å². The molecule has 0 aliphatic heterocycles. The Bertz CT molecular complexity index is 1200. The molecule has 0 aromatic heterocycles. The van der Waals surface area contributed by atoms with Crippen molar-refractivity contribution in [3.05, 3.63) is 94.3 Å². The molecule has 2 N–H and O–H groups in total. The Hall–Kier alpha value is -3.73. The van der Waals surface area contributed by atoms with E-state index in [9.17, 15) is 0 Å². The summed E-state index contributed by atoms with van der Waals surface area (Å²) in [6, 6.07) is 16.9. The average Bonchev–Trinajstić information content (AvgIpc) is 3.08. The zero-order valence-electron chi connectivity index (χ0n) is 24.9. The van der Waals surface area contributed by atoms with Crippen LogP contribution in [0, 0.1) is 5.41 Å². The largest absolute Gasteiger partial charge is 0.496 e. The van der Waals surface area contributed by atoms with Gasteiger partial charge >= 0.3 is 0 Å². The van der Waals surface area contributed by atoms with Crippen molar-refractivity contribution >= 4 is 28.9 Å². The summed E-state index contributed by atoms with van der Waals surface area (Å²) < 4.78 is 5.69. The zero-order valence-corrected chi connectivity index (χ0v) is 24.9. The highest BCUT2D eigenvalue weighted by molar-refractivity contribution is 5.91. The molecule has 3 rings (SSSR count). The van der Waals surface area contributed by atoms with Crippen molar-refractivity contribution in [3.63, 3.8) is 0 Å². The standard InChI is InChI=1S/C31H40N4O.C2H6/c1-21-9-10-26(19-30(36-8)22(21)2)29(20-32)33-31(25-13-17-28(18-14-25)35(6)7)23(3)24-11-15-27(16-12-24)34(4)5;1-2/h9,11-20,29,32-33H,10H2,1-8H3;1-2H3/b31-23+,32-20?;. The minimum absolute atomic E-state index is 0.273. The molecule has 0 saturated carbocycles. The van der Waals surface area contributed by atoms with E-state index in [0.717, 1.165) is 57.1 Å². The predicted octanol–water partition coefficient (Wildman–Crippen LogP) is 7.54. The van der Waals surface area contributed by atoms with Gasteiger partial charge < -0.3 is 25.3 Å². The van der Waals surface area contributed by atoms with Gasteiger partial charge in [0.05, 0.1) is 13.2 Å². The van der Waals surface area contributed by atoms with Crippen LogP contribution < -0.4 is 15.1 Å². The predicted molar refractivity (Wildman–Crippen MR) is 167 cm³/mol. The average molecular weight is 515 g/mol. The molecule has 0 spiro atoms. The summed E-state index contributed by atoms with van der Waals surface area (Å²) in [6.45, 7) is 10.3. The van der Waals surface area contributed by atoms with E-state index in [-0.39, 0.29) is 6.04 Å². The van der Waals surface area contributed by atoms with Crippen LogP contribution in [0.3, 0.4) is 0 Å². The molecular weight excluding hydrogens is 468 g/mol. The minimum atomic E-state index is -0.273. The van der Waals surface area contributed by atoms with Crippen molar-refractivity contribution in [1.82, 2.24) is 5.32 Å². The smallest absolute Gasteiger partial charge is 0.122 e. The minimum Gasteiger partial charge on any atom is -0.496 e. The maximum atomic E-state index is 8.32. The lowest BCUT2D eigenvalue weighted by molar-refractivity contribution is 0.302. The highest BCUT2D eigenvalue weighted by Gasteiger charge is 2.19. The third-order valence-corrected chi connectivity index (χ3v) is 6.87. The van der Waals surface area contributed by atoms with Crippen molar-refractivity contribution in [2.24, 2.45) is 0 Å². The van der Waals surface area contributed by atoms with Crippen LogP contribution >= 0.6 is 0 Å². The molecule has 5 heteroatoms. The molecule has 0 saturated heterocycles. The molecule has 2 aromatic rings. The van der Waals surface area contributed by atoms with E-state index in [0.29, 0.717) is 0 Å². The van der Waals surface area contributed by atoms with E-state index in [1.807, 2.05) is 42.0 Å². The molecular formula is C33H46N4O. The summed E-state index contributed by atoms with van der Waals surface area (Å²) in [4.78, 5) is 4.20. The highest BCUT2D eigenvalue weighted by atomic mass is 16.5. The van der Waals surface area contributed by atoms with E-state index in [1.165, 1.54) is 11.8 Å². The number of nitrogens with zero attached hydrogens (tertiary/aromatic N) is 2. The van der Waals surface area contributed by atoms with Gasteiger partial charge in [-0.3, -0.25) is 0 Å². The van der Waals surface area contributed by atoms with E-state index < -0.39 is 0 Å². The second kappa shape index (κ2) is 14.3. The van der Waals surface area contributed by atoms with Crippen LogP contribution in [0.4, 0.5) is 11.4 Å². The van der Waals surface area contributed by atoms with Gasteiger partial charge in [-0.05, 0) is 91.0 Å². The summed E-state index contributed by atoms with van der Waals surface area (Å²) in [5, 5.41) is 12.0. The van der Waals surface area contributed by atoms with Gasteiger partial charge in [-0.15, -0.1) is 0 Å². The third kappa shape index (κ3) is 7.41.